The van der Waals surface area contributed by atoms with Crippen molar-refractivity contribution in [3.05, 3.63) is 521 Å². The Morgan fingerprint density at radius 2 is 0.419 bits per heavy atom. The zero-order chi connectivity index (χ0) is 97.7. The SMILES string of the molecule is N#Cc1c(-n2c3ccc(-c4ccccc4)cc3n3c4cc(-c5ccccc5)ccc4nc23)c(-c2ccccc2)cc(-c2ccccc2)c1-n1c2ccc(-c3ccccc3)cc2n2c3cc(-c4ccccc4)ccc3nc12.N#Cc1c(-n2c3ccccc3c3ccc4c(c5ccccc5n4-c4ccccc4)c32)c(-c2ccccc2)cc(-c2ccccc2)c1-n1c2ccccc2c2ccc3c(c4ccccc4n3-c3ccccc3)c21. The standard InChI is InChI=1S/C69H43N7.C67H41N5/c70-44-57-66(75-60-37-33-53(47-23-11-3-12-24-47)41-64(60)73-62-39-51(45-19-7-1-8-20-45)31-35-58(62)71-68(73)75)55(49-27-15-5-16-28-49)43-56(50-29-17-6-18-30-50)67(57)76-61-38-34-54(48-25-13-4-14-26-48)42-65(61)74-63-40-52(46-21-9-2-10-22-46)32-36-59(63)72-69(74)76;68-42-55-64(71-56-33-17-13-29-47(56)49-37-39-60-62(66(49)71)51-31-15-19-35-58(51)69(60)45-25-9-3-10-26-45)53(43-21-5-1-6-22-43)41-54(44-23-7-2-8-24-44)65(55)72-57-34-18-14-30-48(57)50-38-40-61-63(67(50)72)52-32-16-20-36-59(52)70(61)46-27-11-4-12-28-46/h1-43H;1-41H. The molecule has 148 heavy (non-hydrogen) atoms. The van der Waals surface area contributed by atoms with Crippen LogP contribution in [0.5, 0.6) is 0 Å². The highest BCUT2D eigenvalue weighted by Gasteiger charge is 2.35. The maximum atomic E-state index is 12.5. The molecule has 30 aromatic rings. The summed E-state index contributed by atoms with van der Waals surface area (Å²) in [4.78, 5) is 11.1. The normalized spacial score (nSPS) is 11.8. The highest BCUT2D eigenvalue weighted by Crippen LogP contribution is 2.53. The van der Waals surface area contributed by atoms with E-state index in [1.807, 2.05) is 36.4 Å². The summed E-state index contributed by atoms with van der Waals surface area (Å²) in [5.74, 6) is 1.39. The molecule has 8 heterocycles. The number of nitriles is 2. The summed E-state index contributed by atoms with van der Waals surface area (Å²) >= 11 is 0. The van der Waals surface area contributed by atoms with Crippen molar-refractivity contribution in [2.45, 2.75) is 0 Å². The molecular weight excluding hydrogens is 1800 g/mol. The molecule has 0 saturated carbocycles. The fourth-order valence-corrected chi connectivity index (χ4v) is 23.6. The number of rotatable bonds is 14. The van der Waals surface area contributed by atoms with Crippen LogP contribution in [0.4, 0.5) is 0 Å². The van der Waals surface area contributed by atoms with Gasteiger partial charge in [-0.3, -0.25) is 17.9 Å². The Kier molecular flexibility index (Phi) is 19.5. The van der Waals surface area contributed by atoms with Crippen molar-refractivity contribution in [2.75, 3.05) is 0 Å². The van der Waals surface area contributed by atoms with Gasteiger partial charge in [-0.05, 0) is 188 Å². The Labute approximate surface area is 849 Å². The van der Waals surface area contributed by atoms with Crippen molar-refractivity contribution >= 4 is 143 Å². The van der Waals surface area contributed by atoms with E-state index >= 15 is 0 Å². The molecule has 0 spiro atoms. The maximum absolute atomic E-state index is 12.5. The van der Waals surface area contributed by atoms with Crippen LogP contribution in [-0.4, -0.2) is 46.2 Å². The molecule has 0 aliphatic rings. The van der Waals surface area contributed by atoms with Crippen LogP contribution >= 0.6 is 0 Å². The average Bonchev–Trinajstić information content (AvgIpc) is 1.51. The first kappa shape index (κ1) is 84.4. The first-order chi connectivity index (χ1) is 73.4. The molecule has 22 aromatic carbocycles. The molecule has 8 aromatic heterocycles. The third-order valence-corrected chi connectivity index (χ3v) is 30.0. The second-order valence-corrected chi connectivity index (χ2v) is 38.0. The molecule has 0 unspecified atom stereocenters. The minimum Gasteiger partial charge on any atom is -0.309 e. The lowest BCUT2D eigenvalue weighted by atomic mass is 9.91. The molecule has 12 nitrogen and oxygen atoms in total. The van der Waals surface area contributed by atoms with Crippen LogP contribution in [0, 0.1) is 22.7 Å². The predicted molar refractivity (Wildman–Crippen MR) is 609 cm³/mol. The zero-order valence-electron chi connectivity index (χ0n) is 79.9. The van der Waals surface area contributed by atoms with Crippen LogP contribution in [0.1, 0.15) is 11.1 Å². The molecule has 0 amide bonds. The van der Waals surface area contributed by atoms with Gasteiger partial charge in [-0.15, -0.1) is 0 Å². The lowest BCUT2D eigenvalue weighted by molar-refractivity contribution is 1.07. The Hall–Kier alpha value is -20.4. The van der Waals surface area contributed by atoms with Crippen molar-refractivity contribution in [3.63, 3.8) is 0 Å². The van der Waals surface area contributed by atoms with Gasteiger partial charge in [-0.1, -0.05) is 388 Å². The third-order valence-electron chi connectivity index (χ3n) is 30.0. The molecule has 0 radical (unpaired) electrons. The lowest BCUT2D eigenvalue weighted by Gasteiger charge is -2.24. The molecule has 30 rings (SSSR count). The fourth-order valence-electron chi connectivity index (χ4n) is 23.6. The van der Waals surface area contributed by atoms with E-state index in [0.717, 1.165) is 254 Å². The van der Waals surface area contributed by atoms with Gasteiger partial charge in [-0.25, -0.2) is 9.97 Å². The number of benzene rings is 22. The van der Waals surface area contributed by atoms with Crippen molar-refractivity contribution in [2.24, 2.45) is 0 Å². The molecule has 12 heteroatoms. The van der Waals surface area contributed by atoms with Gasteiger partial charge in [0.1, 0.15) is 23.3 Å². The monoisotopic (exact) mass is 1880 g/mol. The second-order valence-electron chi connectivity index (χ2n) is 38.0. The van der Waals surface area contributed by atoms with E-state index in [-0.39, 0.29) is 0 Å². The van der Waals surface area contributed by atoms with E-state index in [1.54, 1.807) is 0 Å². The lowest BCUT2D eigenvalue weighted by Crippen LogP contribution is -2.09. The summed E-state index contributed by atoms with van der Waals surface area (Å²) in [6.45, 7) is 0. The molecule has 0 N–H and O–H groups in total. The van der Waals surface area contributed by atoms with Crippen LogP contribution in [-0.2, 0) is 0 Å². The maximum Gasteiger partial charge on any atom is 0.220 e. The van der Waals surface area contributed by atoms with Crippen molar-refractivity contribution in [3.8, 4) is 135 Å². The highest BCUT2D eigenvalue weighted by atomic mass is 15.2. The number of nitrogens with zero attached hydrogens (tertiary/aromatic N) is 12. The van der Waals surface area contributed by atoms with E-state index in [1.165, 1.54) is 0 Å². The van der Waals surface area contributed by atoms with Gasteiger partial charge in [0.25, 0.3) is 0 Å². The molecule has 0 atom stereocenters. The van der Waals surface area contributed by atoms with Gasteiger partial charge < -0.3 is 18.3 Å². The van der Waals surface area contributed by atoms with Gasteiger partial charge in [0, 0.05) is 76.7 Å². The van der Waals surface area contributed by atoms with Gasteiger partial charge in [0.05, 0.1) is 111 Å². The van der Waals surface area contributed by atoms with Gasteiger partial charge in [0.15, 0.2) is 0 Å². The fraction of sp³-hybridized carbons (Fsp3) is 0. The summed E-state index contributed by atoms with van der Waals surface area (Å²) in [6.07, 6.45) is 0. The topological polar surface area (TPSA) is 112 Å². The number of aromatic nitrogens is 10. The molecular formula is C136H84N12. The first-order valence-electron chi connectivity index (χ1n) is 50.1. The summed E-state index contributed by atoms with van der Waals surface area (Å²) in [7, 11) is 0. The number of imidazole rings is 4. The predicted octanol–water partition coefficient (Wildman–Crippen LogP) is 34.3. The minimum absolute atomic E-state index is 0.479. The average molecular weight is 1890 g/mol. The summed E-state index contributed by atoms with van der Waals surface area (Å²) in [6, 6.07) is 186. The molecule has 0 bridgehead atoms. The van der Waals surface area contributed by atoms with Crippen molar-refractivity contribution < 1.29 is 0 Å². The smallest absolute Gasteiger partial charge is 0.220 e. The summed E-state index contributed by atoms with van der Waals surface area (Å²) < 4.78 is 18.7. The summed E-state index contributed by atoms with van der Waals surface area (Å²) in [5, 5.41) is 33.9. The van der Waals surface area contributed by atoms with Crippen LogP contribution in [0.3, 0.4) is 0 Å². The number of hydrogen-bond donors (Lipinski definition) is 0. The Morgan fingerprint density at radius 1 is 0.169 bits per heavy atom. The number of hydrogen-bond acceptors (Lipinski definition) is 4. The Morgan fingerprint density at radius 3 is 0.730 bits per heavy atom. The highest BCUT2D eigenvalue weighted by molar-refractivity contribution is 6.29. The second kappa shape index (κ2) is 34.2. The zero-order valence-corrected chi connectivity index (χ0v) is 79.9. The van der Waals surface area contributed by atoms with Crippen LogP contribution in [0.15, 0.2) is 510 Å². The quantitative estimate of drug-likeness (QED) is 0.108. The van der Waals surface area contributed by atoms with Crippen LogP contribution in [0.2, 0.25) is 0 Å². The van der Waals surface area contributed by atoms with Crippen molar-refractivity contribution in [1.82, 2.24) is 46.2 Å². The van der Waals surface area contributed by atoms with E-state index in [2.05, 4.69) is 522 Å². The molecule has 0 aliphatic heterocycles. The molecule has 688 valence electrons. The number of fused-ring (bicyclic) bond motifs is 24. The van der Waals surface area contributed by atoms with Crippen LogP contribution < -0.4 is 0 Å². The first-order valence-corrected chi connectivity index (χ1v) is 50.1. The minimum atomic E-state index is 0.479. The van der Waals surface area contributed by atoms with E-state index < -0.39 is 0 Å². The Bertz CT molecular complexity index is 10100. The molecule has 0 saturated heterocycles. The Balaban J connectivity index is 0.000000140. The van der Waals surface area contributed by atoms with Gasteiger partial charge in [0.2, 0.25) is 11.6 Å². The van der Waals surface area contributed by atoms with Gasteiger partial charge >= 0.3 is 0 Å². The van der Waals surface area contributed by atoms with Crippen LogP contribution in [0.25, 0.3) is 266 Å². The van der Waals surface area contributed by atoms with Gasteiger partial charge in [-0.2, -0.15) is 10.5 Å². The largest absolute Gasteiger partial charge is 0.309 e. The molecule has 0 aliphatic carbocycles. The molecule has 0 fully saturated rings. The van der Waals surface area contributed by atoms with Crippen molar-refractivity contribution in [1.29, 1.82) is 10.5 Å². The van der Waals surface area contributed by atoms with E-state index in [4.69, 9.17) is 9.97 Å². The third kappa shape index (κ3) is 13.1. The van der Waals surface area contributed by atoms with E-state index in [9.17, 15) is 10.5 Å². The van der Waals surface area contributed by atoms with E-state index in [0.29, 0.717) is 22.7 Å². The number of para-hydroxylation sites is 6. The summed E-state index contributed by atoms with van der Waals surface area (Å²) in [5.41, 5.74) is 38.9.